The fourth-order valence-electron chi connectivity index (χ4n) is 3.99. The molecule has 6 nitrogen and oxygen atoms in total. The van der Waals surface area contributed by atoms with Gasteiger partial charge in [0.05, 0.1) is 6.54 Å². The van der Waals surface area contributed by atoms with Crippen LogP contribution >= 0.6 is 0 Å². The summed E-state index contributed by atoms with van der Waals surface area (Å²) in [5.74, 6) is -0.242. The molecule has 0 spiro atoms. The summed E-state index contributed by atoms with van der Waals surface area (Å²) in [6.07, 6.45) is 0.812. The van der Waals surface area contributed by atoms with E-state index in [2.05, 4.69) is 34.4 Å². The highest BCUT2D eigenvalue weighted by Gasteiger charge is 2.27. The predicted octanol–water partition coefficient (Wildman–Crippen LogP) is 1.73. The van der Waals surface area contributed by atoms with Gasteiger partial charge in [0.1, 0.15) is 17.3 Å². The number of para-hydroxylation sites is 1. The molecule has 162 valence electrons. The van der Waals surface area contributed by atoms with E-state index in [1.807, 2.05) is 6.92 Å². The third-order valence-corrected chi connectivity index (χ3v) is 5.80. The predicted molar refractivity (Wildman–Crippen MR) is 115 cm³/mol. The molecule has 0 amide bonds. The lowest BCUT2D eigenvalue weighted by Crippen LogP contribution is -2.49. The summed E-state index contributed by atoms with van der Waals surface area (Å²) >= 11 is 0. The largest absolute Gasteiger partial charge is 0.365 e. The number of guanidine groups is 1. The minimum absolute atomic E-state index is 0.0717. The second kappa shape index (κ2) is 10.2. The molecule has 1 aromatic carbocycles. The number of likely N-dealkylation sites (N-methyl/N-ethyl adjacent to an activating group) is 1. The molecular formula is C21H34F2N6. The molecular weight excluding hydrogens is 374 g/mol. The van der Waals surface area contributed by atoms with Gasteiger partial charge in [-0.15, -0.1) is 0 Å². The van der Waals surface area contributed by atoms with E-state index in [9.17, 15) is 8.78 Å². The SMILES string of the molecule is CCNC(=NCC(C)N1CCN(C)CC1)NC1CCN(c2c(F)cccc2F)C1. The molecule has 0 bridgehead atoms. The van der Waals surface area contributed by atoms with Crippen LogP contribution in [0.15, 0.2) is 23.2 Å². The fourth-order valence-corrected chi connectivity index (χ4v) is 3.99. The molecule has 0 radical (unpaired) electrons. The van der Waals surface area contributed by atoms with Crippen LogP contribution < -0.4 is 15.5 Å². The zero-order valence-corrected chi connectivity index (χ0v) is 17.8. The molecule has 3 rings (SSSR count). The maximum absolute atomic E-state index is 14.1. The van der Waals surface area contributed by atoms with Crippen molar-refractivity contribution < 1.29 is 8.78 Å². The Kier molecular flexibility index (Phi) is 7.66. The quantitative estimate of drug-likeness (QED) is 0.555. The van der Waals surface area contributed by atoms with Gasteiger partial charge in [-0.3, -0.25) is 9.89 Å². The first-order valence-corrected chi connectivity index (χ1v) is 10.6. The zero-order chi connectivity index (χ0) is 20.8. The third-order valence-electron chi connectivity index (χ3n) is 5.80. The molecule has 0 aliphatic carbocycles. The maximum atomic E-state index is 14.1. The number of anilines is 1. The molecule has 2 aliphatic rings. The molecule has 2 atom stereocenters. The molecule has 2 fully saturated rings. The molecule has 2 saturated heterocycles. The molecule has 0 aromatic heterocycles. The van der Waals surface area contributed by atoms with E-state index >= 15 is 0 Å². The summed E-state index contributed by atoms with van der Waals surface area (Å²) in [6.45, 7) is 11.3. The van der Waals surface area contributed by atoms with Crippen molar-refractivity contribution in [2.75, 3.05) is 64.3 Å². The summed E-state index contributed by atoms with van der Waals surface area (Å²) in [6, 6.07) is 4.50. The van der Waals surface area contributed by atoms with E-state index in [1.165, 1.54) is 18.2 Å². The van der Waals surface area contributed by atoms with E-state index in [0.29, 0.717) is 19.1 Å². The molecule has 29 heavy (non-hydrogen) atoms. The monoisotopic (exact) mass is 408 g/mol. The minimum atomic E-state index is -0.507. The van der Waals surface area contributed by atoms with Gasteiger partial charge in [-0.25, -0.2) is 8.78 Å². The van der Waals surface area contributed by atoms with Gasteiger partial charge in [0.2, 0.25) is 0 Å². The van der Waals surface area contributed by atoms with Gasteiger partial charge < -0.3 is 20.4 Å². The second-order valence-corrected chi connectivity index (χ2v) is 8.05. The van der Waals surface area contributed by atoms with Crippen molar-refractivity contribution >= 4 is 11.6 Å². The summed E-state index contributed by atoms with van der Waals surface area (Å²) in [5, 5.41) is 6.74. The average Bonchev–Trinajstić information content (AvgIpc) is 3.14. The highest BCUT2D eigenvalue weighted by atomic mass is 19.1. The molecule has 1 aromatic rings. The van der Waals surface area contributed by atoms with Crippen LogP contribution in [0.1, 0.15) is 20.3 Å². The molecule has 2 heterocycles. The highest BCUT2D eigenvalue weighted by Crippen LogP contribution is 2.26. The van der Waals surface area contributed by atoms with Gasteiger partial charge in [0.15, 0.2) is 5.96 Å². The van der Waals surface area contributed by atoms with Crippen molar-refractivity contribution in [3.05, 3.63) is 29.8 Å². The van der Waals surface area contributed by atoms with Crippen LogP contribution in [0.2, 0.25) is 0 Å². The van der Waals surface area contributed by atoms with Gasteiger partial charge in [-0.2, -0.15) is 0 Å². The Labute approximate surface area is 172 Å². The Morgan fingerprint density at radius 1 is 1.17 bits per heavy atom. The van der Waals surface area contributed by atoms with Gasteiger partial charge in [0, 0.05) is 57.9 Å². The molecule has 0 saturated carbocycles. The lowest BCUT2D eigenvalue weighted by Gasteiger charge is -2.36. The maximum Gasteiger partial charge on any atom is 0.191 e. The standard InChI is InChI=1S/C21H34F2N6/c1-4-24-21(25-14-16(2)28-12-10-27(3)11-13-28)26-17-8-9-29(15-17)20-18(22)6-5-7-19(20)23/h5-7,16-17H,4,8-15H2,1-3H3,(H2,24,25,26). The first-order chi connectivity index (χ1) is 14.0. The Balaban J connectivity index is 1.55. The first-order valence-electron chi connectivity index (χ1n) is 10.6. The van der Waals surface area contributed by atoms with Crippen molar-refractivity contribution in [3.8, 4) is 0 Å². The molecule has 8 heteroatoms. The van der Waals surface area contributed by atoms with Gasteiger partial charge >= 0.3 is 0 Å². The lowest BCUT2D eigenvalue weighted by atomic mass is 10.2. The van der Waals surface area contributed by atoms with Crippen LogP contribution in [0.25, 0.3) is 0 Å². The Bertz CT molecular complexity index is 669. The minimum Gasteiger partial charge on any atom is -0.365 e. The Hall–Kier alpha value is -1.93. The normalized spacial score (nSPS) is 22.7. The van der Waals surface area contributed by atoms with Crippen LogP contribution in [-0.4, -0.2) is 87.2 Å². The van der Waals surface area contributed by atoms with Gasteiger partial charge in [-0.05, 0) is 39.4 Å². The summed E-state index contributed by atoms with van der Waals surface area (Å²) in [7, 11) is 2.16. The summed E-state index contributed by atoms with van der Waals surface area (Å²) in [4.78, 5) is 11.4. The van der Waals surface area contributed by atoms with Crippen LogP contribution in [0.4, 0.5) is 14.5 Å². The van der Waals surface area contributed by atoms with E-state index in [-0.39, 0.29) is 11.7 Å². The van der Waals surface area contributed by atoms with Crippen molar-refractivity contribution in [2.45, 2.75) is 32.4 Å². The summed E-state index contributed by atoms with van der Waals surface area (Å²) in [5.41, 5.74) is 0.0717. The number of halogens is 2. The van der Waals surface area contributed by atoms with Crippen LogP contribution in [0.3, 0.4) is 0 Å². The van der Waals surface area contributed by atoms with Crippen molar-refractivity contribution in [2.24, 2.45) is 4.99 Å². The molecule has 2 aliphatic heterocycles. The first kappa shape index (κ1) is 21.8. The van der Waals surface area contributed by atoms with Crippen LogP contribution in [-0.2, 0) is 0 Å². The number of benzene rings is 1. The topological polar surface area (TPSA) is 46.1 Å². The number of aliphatic imine (C=N–C) groups is 1. The fraction of sp³-hybridized carbons (Fsp3) is 0.667. The van der Waals surface area contributed by atoms with E-state index < -0.39 is 11.6 Å². The number of hydrogen-bond donors (Lipinski definition) is 2. The van der Waals surface area contributed by atoms with Crippen LogP contribution in [0.5, 0.6) is 0 Å². The summed E-state index contributed by atoms with van der Waals surface area (Å²) < 4.78 is 28.2. The number of rotatable bonds is 6. The Morgan fingerprint density at radius 3 is 2.52 bits per heavy atom. The van der Waals surface area contributed by atoms with Gasteiger partial charge in [0.25, 0.3) is 0 Å². The zero-order valence-electron chi connectivity index (χ0n) is 17.8. The van der Waals surface area contributed by atoms with Crippen molar-refractivity contribution in [1.29, 1.82) is 0 Å². The van der Waals surface area contributed by atoms with Crippen molar-refractivity contribution in [1.82, 2.24) is 20.4 Å². The second-order valence-electron chi connectivity index (χ2n) is 8.05. The number of piperazine rings is 1. The lowest BCUT2D eigenvalue weighted by molar-refractivity contribution is 0.122. The Morgan fingerprint density at radius 2 is 1.86 bits per heavy atom. The van der Waals surface area contributed by atoms with Crippen LogP contribution in [0, 0.1) is 11.6 Å². The van der Waals surface area contributed by atoms with E-state index in [4.69, 9.17) is 4.99 Å². The average molecular weight is 409 g/mol. The van der Waals surface area contributed by atoms with Crippen molar-refractivity contribution in [3.63, 3.8) is 0 Å². The van der Waals surface area contributed by atoms with E-state index in [0.717, 1.165) is 51.6 Å². The molecule has 2 N–H and O–H groups in total. The van der Waals surface area contributed by atoms with E-state index in [1.54, 1.807) is 4.90 Å². The number of nitrogens with zero attached hydrogens (tertiary/aromatic N) is 4. The number of hydrogen-bond acceptors (Lipinski definition) is 4. The smallest absolute Gasteiger partial charge is 0.191 e. The number of nitrogens with one attached hydrogen (secondary N) is 2. The molecule has 2 unspecified atom stereocenters. The highest BCUT2D eigenvalue weighted by molar-refractivity contribution is 5.80. The van der Waals surface area contributed by atoms with Gasteiger partial charge in [-0.1, -0.05) is 6.07 Å². The third kappa shape index (κ3) is 5.79.